The highest BCUT2D eigenvalue weighted by Gasteiger charge is 2.52. The van der Waals surface area contributed by atoms with Crippen molar-refractivity contribution < 1.29 is 0 Å². The van der Waals surface area contributed by atoms with E-state index < -0.39 is 0 Å². The van der Waals surface area contributed by atoms with Crippen LogP contribution >= 0.6 is 0 Å². The molecule has 4 atom stereocenters. The molecular weight excluding hydrogens is 252 g/mol. The molecule has 0 amide bonds. The maximum atomic E-state index is 2.40. The Morgan fingerprint density at radius 3 is 2.57 bits per heavy atom. The van der Waals surface area contributed by atoms with Gasteiger partial charge in [0.25, 0.3) is 0 Å². The van der Waals surface area contributed by atoms with E-state index in [4.69, 9.17) is 0 Å². The first-order valence-electron chi connectivity index (χ1n) is 8.50. The third-order valence-electron chi connectivity index (χ3n) is 6.51. The average molecular weight is 274 g/mol. The third-order valence-corrected chi connectivity index (χ3v) is 6.51. The maximum absolute atomic E-state index is 2.40. The van der Waals surface area contributed by atoms with Gasteiger partial charge in [0.05, 0.1) is 0 Å². The van der Waals surface area contributed by atoms with Gasteiger partial charge in [0.15, 0.2) is 0 Å². The van der Waals surface area contributed by atoms with E-state index in [0.717, 1.165) is 23.7 Å². The lowest BCUT2D eigenvalue weighted by molar-refractivity contribution is 0.310. The van der Waals surface area contributed by atoms with Crippen LogP contribution in [0.4, 0.5) is 0 Å². The second-order valence-electron chi connectivity index (χ2n) is 7.42. The van der Waals surface area contributed by atoms with E-state index >= 15 is 0 Å². The van der Waals surface area contributed by atoms with E-state index in [1.165, 1.54) is 42.4 Å². The van der Waals surface area contributed by atoms with Crippen LogP contribution in [0.5, 0.6) is 0 Å². The number of rotatable bonds is 1. The predicted molar refractivity (Wildman–Crippen MR) is 87.4 cm³/mol. The van der Waals surface area contributed by atoms with E-state index in [1.54, 1.807) is 11.1 Å². The van der Waals surface area contributed by atoms with E-state index in [2.05, 4.69) is 49.4 Å². The molecule has 21 heavy (non-hydrogen) atoms. The molecule has 0 nitrogen and oxygen atoms in total. The van der Waals surface area contributed by atoms with Crippen LogP contribution in [0, 0.1) is 24.7 Å². The summed E-state index contributed by atoms with van der Waals surface area (Å²) in [4.78, 5) is 0. The van der Waals surface area contributed by atoms with E-state index in [1.807, 2.05) is 0 Å². The number of fused-ring (bicyclic) bond motifs is 7. The van der Waals surface area contributed by atoms with Gasteiger partial charge in [-0.15, -0.1) is 0 Å². The first-order valence-corrected chi connectivity index (χ1v) is 8.50. The summed E-state index contributed by atoms with van der Waals surface area (Å²) in [6.07, 6.45) is 5.84. The molecule has 2 aromatic carbocycles. The Balaban J connectivity index is 1.71. The Hall–Kier alpha value is -1.56. The minimum Gasteiger partial charge on any atom is -0.0620 e. The van der Waals surface area contributed by atoms with Gasteiger partial charge in [-0.05, 0) is 84.1 Å². The lowest BCUT2D eigenvalue weighted by Gasteiger charge is -2.26. The minimum absolute atomic E-state index is 0.870. The highest BCUT2D eigenvalue weighted by atomic mass is 14.6. The molecule has 5 rings (SSSR count). The number of hydrogen-bond acceptors (Lipinski definition) is 0. The maximum Gasteiger partial charge on any atom is -0.00905 e. The summed E-state index contributed by atoms with van der Waals surface area (Å²) >= 11 is 0. The normalized spacial score (nSPS) is 32.2. The summed E-state index contributed by atoms with van der Waals surface area (Å²) < 4.78 is 0. The molecule has 4 unspecified atom stereocenters. The molecule has 0 spiro atoms. The van der Waals surface area contributed by atoms with Gasteiger partial charge < -0.3 is 0 Å². The van der Waals surface area contributed by atoms with Crippen molar-refractivity contribution in [1.82, 2.24) is 0 Å². The fourth-order valence-corrected chi connectivity index (χ4v) is 5.70. The zero-order chi connectivity index (χ0) is 14.0. The quantitative estimate of drug-likeness (QED) is 0.657. The molecule has 0 saturated heterocycles. The topological polar surface area (TPSA) is 0 Å². The van der Waals surface area contributed by atoms with E-state index in [-0.39, 0.29) is 0 Å². The molecule has 2 saturated carbocycles. The minimum atomic E-state index is 0.870. The first-order chi connectivity index (χ1) is 10.3. The summed E-state index contributed by atoms with van der Waals surface area (Å²) in [5.74, 6) is 3.84. The lowest BCUT2D eigenvalue weighted by Crippen LogP contribution is -2.16. The zero-order valence-electron chi connectivity index (χ0n) is 12.7. The van der Waals surface area contributed by atoms with Crippen molar-refractivity contribution in [1.29, 1.82) is 0 Å². The number of hydrogen-bond donors (Lipinski definition) is 0. The van der Waals surface area contributed by atoms with Crippen LogP contribution in [0.3, 0.4) is 0 Å². The molecule has 3 aliphatic rings. The van der Waals surface area contributed by atoms with Crippen molar-refractivity contribution in [2.45, 2.75) is 38.5 Å². The van der Waals surface area contributed by atoms with Crippen LogP contribution < -0.4 is 0 Å². The van der Waals surface area contributed by atoms with E-state index in [9.17, 15) is 0 Å². The van der Waals surface area contributed by atoms with E-state index in [0.29, 0.717) is 0 Å². The van der Waals surface area contributed by atoms with Crippen LogP contribution in [0.25, 0.3) is 11.1 Å². The molecule has 0 N–H and O–H groups in total. The third kappa shape index (κ3) is 1.56. The lowest BCUT2D eigenvalue weighted by atomic mass is 9.78. The van der Waals surface area contributed by atoms with Gasteiger partial charge in [-0.1, -0.05) is 42.5 Å². The Morgan fingerprint density at radius 1 is 0.857 bits per heavy atom. The fourth-order valence-electron chi connectivity index (χ4n) is 5.70. The largest absolute Gasteiger partial charge is 0.0620 e. The first kappa shape index (κ1) is 12.0. The average Bonchev–Trinajstić information content (AvgIpc) is 3.18. The Labute approximate surface area is 127 Å². The van der Waals surface area contributed by atoms with Gasteiger partial charge in [0.1, 0.15) is 0 Å². The van der Waals surface area contributed by atoms with Gasteiger partial charge in [-0.3, -0.25) is 0 Å². The molecule has 3 aliphatic carbocycles. The van der Waals surface area contributed by atoms with Crippen molar-refractivity contribution in [3.63, 3.8) is 0 Å². The molecule has 0 heterocycles. The van der Waals surface area contributed by atoms with Gasteiger partial charge in [-0.2, -0.15) is 0 Å². The highest BCUT2D eigenvalue weighted by molar-refractivity contribution is 5.73. The van der Waals surface area contributed by atoms with Crippen LogP contribution in [0.15, 0.2) is 42.5 Å². The van der Waals surface area contributed by atoms with Crippen molar-refractivity contribution in [2.24, 2.45) is 17.8 Å². The molecule has 2 bridgehead atoms. The van der Waals surface area contributed by atoms with Gasteiger partial charge >= 0.3 is 0 Å². The van der Waals surface area contributed by atoms with Crippen LogP contribution in [-0.2, 0) is 6.42 Å². The second kappa shape index (κ2) is 4.22. The smallest absolute Gasteiger partial charge is 0.00905 e. The molecule has 0 radical (unpaired) electrons. The molecule has 2 aromatic rings. The highest BCUT2D eigenvalue weighted by Crippen LogP contribution is 2.62. The fraction of sp³-hybridized carbons (Fsp3) is 0.429. The Morgan fingerprint density at radius 2 is 1.67 bits per heavy atom. The monoisotopic (exact) mass is 274 g/mol. The van der Waals surface area contributed by atoms with Gasteiger partial charge in [0, 0.05) is 0 Å². The number of benzene rings is 2. The standard InChI is InChI=1S/C21H22/c1-13-5-2-3-7-17(13)18-8-4-6-15-12-19-14-9-10-16(11-14)21(19)20(15)18/h2-8,14,16,19,21H,9-12H2,1H3. The van der Waals surface area contributed by atoms with Gasteiger partial charge in [-0.25, -0.2) is 0 Å². The second-order valence-corrected chi connectivity index (χ2v) is 7.42. The Kier molecular flexibility index (Phi) is 2.42. The zero-order valence-corrected chi connectivity index (χ0v) is 12.7. The molecule has 0 aromatic heterocycles. The summed E-state index contributed by atoms with van der Waals surface area (Å²) in [5.41, 5.74) is 7.78. The molecule has 2 fully saturated rings. The van der Waals surface area contributed by atoms with Crippen LogP contribution in [0.1, 0.15) is 41.9 Å². The molecule has 106 valence electrons. The van der Waals surface area contributed by atoms with Crippen molar-refractivity contribution in [3.05, 3.63) is 59.2 Å². The Bertz CT molecular complexity index is 712. The van der Waals surface area contributed by atoms with Crippen LogP contribution in [0.2, 0.25) is 0 Å². The van der Waals surface area contributed by atoms with Crippen molar-refractivity contribution >= 4 is 0 Å². The van der Waals surface area contributed by atoms with Crippen molar-refractivity contribution in [3.8, 4) is 11.1 Å². The number of aryl methyl sites for hydroxylation is 1. The summed E-state index contributed by atoms with van der Waals surface area (Å²) in [6.45, 7) is 2.25. The molecular formula is C21H22. The van der Waals surface area contributed by atoms with Crippen molar-refractivity contribution in [2.75, 3.05) is 0 Å². The van der Waals surface area contributed by atoms with Gasteiger partial charge in [0.2, 0.25) is 0 Å². The summed E-state index contributed by atoms with van der Waals surface area (Å²) in [5, 5.41) is 0. The SMILES string of the molecule is Cc1ccccc1-c1cccc2c1C1C3CCC(C3)C1C2. The molecule has 0 heteroatoms. The molecule has 0 aliphatic heterocycles. The summed E-state index contributed by atoms with van der Waals surface area (Å²) in [6, 6.07) is 16.0. The summed E-state index contributed by atoms with van der Waals surface area (Å²) in [7, 11) is 0. The predicted octanol–water partition coefficient (Wildman–Crippen LogP) is 5.35. The van der Waals surface area contributed by atoms with Crippen LogP contribution in [-0.4, -0.2) is 0 Å².